The summed E-state index contributed by atoms with van der Waals surface area (Å²) in [5.74, 6) is 0. The lowest BCUT2D eigenvalue weighted by Gasteiger charge is -2.47. The maximum atomic E-state index is 13.6. The van der Waals surface area contributed by atoms with Gasteiger partial charge >= 0.3 is 6.18 Å². The number of hydrogen-bond acceptors (Lipinski definition) is 7. The van der Waals surface area contributed by atoms with Crippen molar-refractivity contribution in [3.63, 3.8) is 0 Å². The second kappa shape index (κ2) is 8.59. The van der Waals surface area contributed by atoms with Crippen molar-refractivity contribution in [1.29, 1.82) is 0 Å². The minimum atomic E-state index is -4.46. The summed E-state index contributed by atoms with van der Waals surface area (Å²) in [7, 11) is 0. The number of rotatable bonds is 4. The highest BCUT2D eigenvalue weighted by Crippen LogP contribution is 2.51. The van der Waals surface area contributed by atoms with E-state index in [9.17, 15) is 18.3 Å². The number of aromatic nitrogens is 2. The van der Waals surface area contributed by atoms with E-state index in [2.05, 4.69) is 23.1 Å². The number of likely N-dealkylation sites (tertiary alicyclic amines) is 1. The highest BCUT2D eigenvalue weighted by Gasteiger charge is 2.48. The molecule has 32 heavy (non-hydrogen) atoms. The van der Waals surface area contributed by atoms with Crippen molar-refractivity contribution < 1.29 is 27.2 Å². The number of piperidine rings is 1. The minimum Gasteiger partial charge on any atom is -0.392 e. The van der Waals surface area contributed by atoms with E-state index in [1.165, 1.54) is 12.0 Å². The molecule has 2 aromatic rings. The second-order valence-electron chi connectivity index (χ2n) is 8.73. The fourth-order valence-electron chi connectivity index (χ4n) is 5.12. The van der Waals surface area contributed by atoms with E-state index in [-0.39, 0.29) is 17.0 Å². The molecule has 0 aromatic carbocycles. The Labute approximate surface area is 192 Å². The zero-order chi connectivity index (χ0) is 22.5. The number of fused-ring (bicyclic) bond motifs is 2. The number of ether oxygens (including phenoxy) is 1. The summed E-state index contributed by atoms with van der Waals surface area (Å²) >= 11 is 2.21. The van der Waals surface area contributed by atoms with Crippen LogP contribution in [0.2, 0.25) is 0 Å². The lowest BCUT2D eigenvalue weighted by atomic mass is 9.81. The zero-order valence-electron chi connectivity index (χ0n) is 17.7. The second-order valence-corrected chi connectivity index (χ2v) is 10.7. The normalized spacial score (nSPS) is 29.0. The van der Waals surface area contributed by atoms with E-state index in [0.29, 0.717) is 36.3 Å². The molecule has 3 aliphatic rings. The van der Waals surface area contributed by atoms with Crippen molar-refractivity contribution in [3.05, 3.63) is 38.8 Å². The van der Waals surface area contributed by atoms with Gasteiger partial charge in [-0.25, -0.2) is 0 Å². The molecular weight excluding hydrogens is 463 g/mol. The molecule has 2 fully saturated rings. The number of aliphatic hydroxyl groups is 1. The third kappa shape index (κ3) is 4.01. The molecule has 3 atom stereocenters. The van der Waals surface area contributed by atoms with Crippen LogP contribution < -0.4 is 0 Å². The Hall–Kier alpha value is -1.11. The van der Waals surface area contributed by atoms with Crippen molar-refractivity contribution in [2.75, 3.05) is 19.8 Å². The topological polar surface area (TPSA) is 59.8 Å². The summed E-state index contributed by atoms with van der Waals surface area (Å²) in [6, 6.07) is 0.135. The van der Waals surface area contributed by atoms with Gasteiger partial charge in [0.25, 0.3) is 0 Å². The fraction of sp³-hybridized carbons (Fsp3) is 0.667. The van der Waals surface area contributed by atoms with Crippen molar-refractivity contribution in [2.45, 2.75) is 69.0 Å². The Bertz CT molecular complexity index is 973. The van der Waals surface area contributed by atoms with Crippen LogP contribution in [0.25, 0.3) is 0 Å². The highest BCUT2D eigenvalue weighted by atomic mass is 32.2. The van der Waals surface area contributed by atoms with Gasteiger partial charge in [0.1, 0.15) is 15.9 Å². The van der Waals surface area contributed by atoms with E-state index in [1.807, 2.05) is 10.9 Å². The number of halogens is 3. The van der Waals surface area contributed by atoms with Crippen LogP contribution in [0.5, 0.6) is 0 Å². The van der Waals surface area contributed by atoms with Crippen LogP contribution in [0.3, 0.4) is 0 Å². The predicted molar refractivity (Wildman–Crippen MR) is 115 cm³/mol. The van der Waals surface area contributed by atoms with Gasteiger partial charge in [0, 0.05) is 59.8 Å². The van der Waals surface area contributed by atoms with Crippen LogP contribution in [-0.4, -0.2) is 45.6 Å². The Balaban J connectivity index is 1.34. The summed E-state index contributed by atoms with van der Waals surface area (Å²) in [5.41, 5.74) is 1.10. The summed E-state index contributed by atoms with van der Waals surface area (Å²) < 4.78 is 54.3. The number of nitrogens with zero attached hydrogens (tertiary/aromatic N) is 3. The summed E-state index contributed by atoms with van der Waals surface area (Å²) in [6.07, 6.45) is 2.09. The first-order valence-electron chi connectivity index (χ1n) is 10.8. The molecule has 3 aliphatic heterocycles. The van der Waals surface area contributed by atoms with Crippen molar-refractivity contribution in [2.24, 2.45) is 0 Å². The van der Waals surface area contributed by atoms with E-state index < -0.39 is 23.3 Å². The van der Waals surface area contributed by atoms with Gasteiger partial charge < -0.3 is 14.0 Å². The molecule has 0 aliphatic carbocycles. The average molecular weight is 490 g/mol. The molecule has 11 heteroatoms. The average Bonchev–Trinajstić information content (AvgIpc) is 3.49. The largest absolute Gasteiger partial charge is 0.425 e. The molecule has 1 unspecified atom stereocenters. The third-order valence-electron chi connectivity index (χ3n) is 6.69. The molecule has 5 heterocycles. The quantitative estimate of drug-likeness (QED) is 0.640. The van der Waals surface area contributed by atoms with E-state index in [0.717, 1.165) is 43.0 Å². The van der Waals surface area contributed by atoms with Gasteiger partial charge in [0.2, 0.25) is 0 Å². The maximum absolute atomic E-state index is 13.6. The van der Waals surface area contributed by atoms with Crippen LogP contribution >= 0.6 is 23.4 Å². The number of aliphatic hydroxyl groups excluding tert-OH is 1. The van der Waals surface area contributed by atoms with Gasteiger partial charge in [-0.2, -0.15) is 18.3 Å². The van der Waals surface area contributed by atoms with E-state index in [4.69, 9.17) is 8.92 Å². The van der Waals surface area contributed by atoms with Crippen molar-refractivity contribution in [1.82, 2.24) is 14.7 Å². The van der Waals surface area contributed by atoms with Crippen molar-refractivity contribution in [3.8, 4) is 0 Å². The molecule has 0 amide bonds. The molecule has 0 radical (unpaired) electrons. The predicted octanol–water partition coefficient (Wildman–Crippen LogP) is 4.48. The minimum absolute atomic E-state index is 0.0384. The molecule has 5 rings (SSSR count). The van der Waals surface area contributed by atoms with Gasteiger partial charge in [-0.05, 0) is 31.7 Å². The van der Waals surface area contributed by atoms with E-state index in [1.54, 1.807) is 0 Å². The SMILES string of the molecule is C[C@H]1C[C@@]2(CCN1Cc1cnn(C3CCOS3)c1)OCCc1c2sc(C(F)(F)F)c1CO. The van der Waals surface area contributed by atoms with Gasteiger partial charge in [-0.1, -0.05) is 0 Å². The first kappa shape index (κ1) is 22.7. The Morgan fingerprint density at radius 2 is 2.19 bits per heavy atom. The molecule has 2 aromatic heterocycles. The van der Waals surface area contributed by atoms with Crippen LogP contribution in [-0.2, 0) is 40.3 Å². The Morgan fingerprint density at radius 3 is 2.88 bits per heavy atom. The number of alkyl halides is 3. The zero-order valence-corrected chi connectivity index (χ0v) is 19.4. The van der Waals surface area contributed by atoms with Crippen LogP contribution in [0.15, 0.2) is 12.4 Å². The first-order chi connectivity index (χ1) is 15.3. The van der Waals surface area contributed by atoms with Crippen LogP contribution in [0.4, 0.5) is 13.2 Å². The highest BCUT2D eigenvalue weighted by molar-refractivity contribution is 7.94. The third-order valence-corrected chi connectivity index (χ3v) is 9.17. The molecule has 0 bridgehead atoms. The van der Waals surface area contributed by atoms with Gasteiger partial charge in [0.05, 0.1) is 26.0 Å². The lowest BCUT2D eigenvalue weighted by Crippen LogP contribution is -2.50. The molecule has 0 saturated carbocycles. The molecule has 6 nitrogen and oxygen atoms in total. The molecule has 2 saturated heterocycles. The fourth-order valence-corrected chi connectivity index (χ4v) is 7.27. The number of thiophene rings is 1. The smallest absolute Gasteiger partial charge is 0.392 e. The summed E-state index contributed by atoms with van der Waals surface area (Å²) in [5, 5.41) is 14.4. The Morgan fingerprint density at radius 1 is 1.34 bits per heavy atom. The lowest BCUT2D eigenvalue weighted by molar-refractivity contribution is -0.135. The summed E-state index contributed by atoms with van der Waals surface area (Å²) in [4.78, 5) is 2.33. The monoisotopic (exact) mass is 489 g/mol. The first-order valence-corrected chi connectivity index (χ1v) is 12.5. The maximum Gasteiger partial charge on any atom is 0.425 e. The van der Waals surface area contributed by atoms with Crippen LogP contribution in [0, 0.1) is 0 Å². The number of hydrogen-bond donors (Lipinski definition) is 1. The Kier molecular flexibility index (Phi) is 6.09. The standard InChI is InChI=1S/C21H26F3N3O3S2/c1-13-8-20(18-15(2-6-29-20)16(12-28)19(31-18)21(22,23)24)4-5-26(13)10-14-9-25-27(11-14)17-3-7-30-32-17/h9,11,13,17,28H,2-8,10,12H2,1H3/t13-,17?,20+/m0/s1. The van der Waals surface area contributed by atoms with Gasteiger partial charge in [0.15, 0.2) is 0 Å². The van der Waals surface area contributed by atoms with Gasteiger partial charge in [-0.15, -0.1) is 11.3 Å². The molecule has 176 valence electrons. The van der Waals surface area contributed by atoms with E-state index >= 15 is 0 Å². The van der Waals surface area contributed by atoms with Crippen molar-refractivity contribution >= 4 is 23.4 Å². The van der Waals surface area contributed by atoms with Crippen LogP contribution in [0.1, 0.15) is 58.0 Å². The molecule has 1 spiro atoms. The van der Waals surface area contributed by atoms with Gasteiger partial charge in [-0.3, -0.25) is 9.58 Å². The molecular formula is C21H26F3N3O3S2. The summed E-state index contributed by atoms with van der Waals surface area (Å²) in [6.45, 7) is 4.09. The molecule has 1 N–H and O–H groups in total.